The van der Waals surface area contributed by atoms with Crippen LogP contribution in [0.4, 0.5) is 11.4 Å². The van der Waals surface area contributed by atoms with Gasteiger partial charge in [-0.25, -0.2) is 8.42 Å². The number of aliphatic hydroxyl groups excluding tert-OH is 1. The van der Waals surface area contributed by atoms with Gasteiger partial charge in [-0.05, 0) is 86.5 Å². The monoisotopic (exact) mass is 709 g/mol. The lowest BCUT2D eigenvalue weighted by Crippen LogP contribution is -2.40. The van der Waals surface area contributed by atoms with E-state index in [2.05, 4.69) is 15.6 Å². The van der Waals surface area contributed by atoms with Gasteiger partial charge in [0.2, 0.25) is 15.9 Å². The number of benzene rings is 3. The van der Waals surface area contributed by atoms with Crippen molar-refractivity contribution in [3.8, 4) is 11.5 Å². The molecular weight excluding hydrogens is 670 g/mol. The molecule has 5 rings (SSSR count). The van der Waals surface area contributed by atoms with Crippen LogP contribution in [0.2, 0.25) is 5.02 Å². The lowest BCUT2D eigenvalue weighted by molar-refractivity contribution is -0.116. The van der Waals surface area contributed by atoms with Crippen LogP contribution in [-0.2, 0) is 14.8 Å². The largest absolute Gasteiger partial charge is 0.497 e. The average Bonchev–Trinajstić information content (AvgIpc) is 3.10. The van der Waals surface area contributed by atoms with Crippen molar-refractivity contribution in [1.29, 1.82) is 0 Å². The smallest absolute Gasteiger partial charge is 0.253 e. The molecule has 3 N–H and O–H groups in total. The number of rotatable bonds is 13. The molecule has 1 saturated heterocycles. The minimum Gasteiger partial charge on any atom is -0.497 e. The molecule has 260 valence electrons. The standard InChI is InChI=1S/C35H40ClN5O7S/c1-23-20-32(29-22-25(36)5-11-30(29)38-23)37-15-19-41(49(45,46)28-8-6-27(47-2)7-9-28)18-14-34(43)39-31-10-4-24(21-33(31)48-3)35(44)40-16-12-26(42)13-17-40/h4-11,20-22,26,42H,12-19H2,1-3H3,(H,37,38)(H,39,43). The fourth-order valence-corrected chi connectivity index (χ4v) is 7.27. The highest BCUT2D eigenvalue weighted by molar-refractivity contribution is 7.89. The van der Waals surface area contributed by atoms with Crippen LogP contribution < -0.4 is 20.1 Å². The number of aliphatic hydroxyl groups is 1. The van der Waals surface area contributed by atoms with Gasteiger partial charge in [-0.1, -0.05) is 11.6 Å². The summed E-state index contributed by atoms with van der Waals surface area (Å²) in [5.41, 5.74) is 3.05. The van der Waals surface area contributed by atoms with E-state index in [1.807, 2.05) is 19.1 Å². The van der Waals surface area contributed by atoms with Crippen LogP contribution >= 0.6 is 11.6 Å². The number of halogens is 1. The Morgan fingerprint density at radius 3 is 2.41 bits per heavy atom. The number of sulfonamides is 1. The molecule has 0 bridgehead atoms. The minimum atomic E-state index is -4.01. The number of nitrogens with one attached hydrogen (secondary N) is 2. The van der Waals surface area contributed by atoms with E-state index in [4.69, 9.17) is 21.1 Å². The van der Waals surface area contributed by atoms with Crippen molar-refractivity contribution < 1.29 is 32.6 Å². The Kier molecular flexibility index (Phi) is 11.6. The van der Waals surface area contributed by atoms with Gasteiger partial charge >= 0.3 is 0 Å². The first kappa shape index (κ1) is 35.9. The van der Waals surface area contributed by atoms with Crippen molar-refractivity contribution in [2.75, 3.05) is 57.6 Å². The van der Waals surface area contributed by atoms with Crippen molar-refractivity contribution in [3.63, 3.8) is 0 Å². The predicted octanol–water partition coefficient (Wildman–Crippen LogP) is 4.94. The molecule has 1 aliphatic rings. The highest BCUT2D eigenvalue weighted by Gasteiger charge is 2.26. The van der Waals surface area contributed by atoms with Crippen LogP contribution in [0.3, 0.4) is 0 Å². The van der Waals surface area contributed by atoms with Gasteiger partial charge in [-0.2, -0.15) is 4.31 Å². The molecular formula is C35H40ClN5O7S. The van der Waals surface area contributed by atoms with Crippen molar-refractivity contribution in [2.24, 2.45) is 0 Å². The number of hydrogen-bond donors (Lipinski definition) is 3. The summed E-state index contributed by atoms with van der Waals surface area (Å²) < 4.78 is 39.6. The Labute approximate surface area is 291 Å². The fraction of sp³-hybridized carbons (Fsp3) is 0.343. The number of aryl methyl sites for hydroxylation is 1. The van der Waals surface area contributed by atoms with Crippen LogP contribution in [0.25, 0.3) is 10.9 Å². The number of pyridine rings is 1. The SMILES string of the molecule is COc1ccc(S(=O)(=O)N(CCNc2cc(C)nc3ccc(Cl)cc23)CCC(=O)Nc2ccc(C(=O)N3CCC(O)CC3)cc2OC)cc1. The lowest BCUT2D eigenvalue weighted by Gasteiger charge is -2.29. The molecule has 2 heterocycles. The zero-order valence-corrected chi connectivity index (χ0v) is 29.2. The predicted molar refractivity (Wildman–Crippen MR) is 189 cm³/mol. The van der Waals surface area contributed by atoms with Crippen LogP contribution in [0.5, 0.6) is 11.5 Å². The Morgan fingerprint density at radius 1 is 0.980 bits per heavy atom. The fourth-order valence-electron chi connectivity index (χ4n) is 5.66. The number of ether oxygens (including phenoxy) is 2. The number of aromatic nitrogens is 1. The third-order valence-electron chi connectivity index (χ3n) is 8.34. The zero-order valence-electron chi connectivity index (χ0n) is 27.6. The second-order valence-corrected chi connectivity index (χ2v) is 14.1. The van der Waals surface area contributed by atoms with Crippen molar-refractivity contribution >= 4 is 55.7 Å². The topological polar surface area (TPSA) is 150 Å². The molecule has 0 saturated carbocycles. The molecule has 2 amide bonds. The summed E-state index contributed by atoms with van der Waals surface area (Å²) in [5.74, 6) is 0.189. The summed E-state index contributed by atoms with van der Waals surface area (Å²) >= 11 is 6.25. The van der Waals surface area contributed by atoms with E-state index in [0.717, 1.165) is 22.3 Å². The molecule has 12 nitrogen and oxygen atoms in total. The summed E-state index contributed by atoms with van der Waals surface area (Å²) in [7, 11) is -1.07. The maximum Gasteiger partial charge on any atom is 0.253 e. The number of amides is 2. The molecule has 0 spiro atoms. The van der Waals surface area contributed by atoms with E-state index < -0.39 is 22.0 Å². The number of hydrogen-bond acceptors (Lipinski definition) is 9. The van der Waals surface area contributed by atoms with Gasteiger partial charge in [-0.3, -0.25) is 14.6 Å². The highest BCUT2D eigenvalue weighted by atomic mass is 35.5. The third kappa shape index (κ3) is 8.79. The Bertz CT molecular complexity index is 1920. The van der Waals surface area contributed by atoms with Crippen LogP contribution in [0.1, 0.15) is 35.3 Å². The molecule has 1 aliphatic heterocycles. The number of carbonyl (C=O) groups excluding carboxylic acids is 2. The van der Waals surface area contributed by atoms with Crippen LogP contribution in [0, 0.1) is 6.92 Å². The number of likely N-dealkylation sites (tertiary alicyclic amines) is 1. The van der Waals surface area contributed by atoms with Crippen LogP contribution in [0.15, 0.2) is 71.6 Å². The number of carbonyl (C=O) groups is 2. The molecule has 0 unspecified atom stereocenters. The number of methoxy groups -OCH3 is 2. The Balaban J connectivity index is 1.29. The second-order valence-electron chi connectivity index (χ2n) is 11.7. The van der Waals surface area contributed by atoms with Crippen molar-refractivity contribution in [2.45, 2.75) is 37.2 Å². The first-order chi connectivity index (χ1) is 23.5. The molecule has 1 aromatic heterocycles. The van der Waals surface area contributed by atoms with E-state index >= 15 is 0 Å². The molecule has 49 heavy (non-hydrogen) atoms. The van der Waals surface area contributed by atoms with Gasteiger partial charge in [0.25, 0.3) is 5.91 Å². The Morgan fingerprint density at radius 2 is 1.71 bits per heavy atom. The first-order valence-electron chi connectivity index (χ1n) is 15.9. The van der Waals surface area contributed by atoms with Crippen LogP contribution in [-0.4, -0.2) is 92.6 Å². The molecule has 14 heteroatoms. The number of nitrogens with zero attached hydrogens (tertiary/aromatic N) is 3. The minimum absolute atomic E-state index is 0.0543. The molecule has 3 aromatic carbocycles. The number of piperidine rings is 1. The third-order valence-corrected chi connectivity index (χ3v) is 10.5. The zero-order chi connectivity index (χ0) is 35.1. The van der Waals surface area contributed by atoms with E-state index in [0.29, 0.717) is 53.7 Å². The summed E-state index contributed by atoms with van der Waals surface area (Å²) in [6.07, 6.45) is 0.489. The van der Waals surface area contributed by atoms with E-state index in [-0.39, 0.29) is 36.9 Å². The molecule has 0 radical (unpaired) electrons. The van der Waals surface area contributed by atoms with E-state index in [9.17, 15) is 23.1 Å². The normalized spacial score (nSPS) is 13.8. The van der Waals surface area contributed by atoms with Gasteiger partial charge in [-0.15, -0.1) is 0 Å². The maximum absolute atomic E-state index is 13.8. The number of anilines is 2. The van der Waals surface area contributed by atoms with Gasteiger partial charge < -0.3 is 30.1 Å². The first-order valence-corrected chi connectivity index (χ1v) is 17.7. The van der Waals surface area contributed by atoms with Gasteiger partial charge in [0.05, 0.1) is 36.4 Å². The van der Waals surface area contributed by atoms with Gasteiger partial charge in [0.1, 0.15) is 11.5 Å². The highest BCUT2D eigenvalue weighted by Crippen LogP contribution is 2.29. The van der Waals surface area contributed by atoms with E-state index in [1.54, 1.807) is 47.4 Å². The average molecular weight is 710 g/mol. The summed E-state index contributed by atoms with van der Waals surface area (Å²) in [6.45, 7) is 2.97. The maximum atomic E-state index is 13.8. The van der Waals surface area contributed by atoms with Crippen molar-refractivity contribution in [3.05, 3.63) is 83.0 Å². The van der Waals surface area contributed by atoms with Crippen molar-refractivity contribution in [1.82, 2.24) is 14.2 Å². The van der Waals surface area contributed by atoms with Gasteiger partial charge in [0.15, 0.2) is 0 Å². The summed E-state index contributed by atoms with van der Waals surface area (Å²) in [6, 6.07) is 18.1. The van der Waals surface area contributed by atoms with E-state index in [1.165, 1.54) is 30.7 Å². The number of fused-ring (bicyclic) bond motifs is 1. The van der Waals surface area contributed by atoms with Gasteiger partial charge in [0, 0.05) is 66.5 Å². The molecule has 1 fully saturated rings. The second kappa shape index (κ2) is 15.9. The summed E-state index contributed by atoms with van der Waals surface area (Å²) in [4.78, 5) is 32.5. The molecule has 4 aromatic rings. The Hall–Kier alpha value is -4.43. The quantitative estimate of drug-likeness (QED) is 0.175. The molecule has 0 atom stereocenters. The summed E-state index contributed by atoms with van der Waals surface area (Å²) in [5, 5.41) is 17.3. The molecule has 0 aliphatic carbocycles. The lowest BCUT2D eigenvalue weighted by atomic mass is 10.1.